The molecular weight excluding hydrogens is 612 g/mol. The topological polar surface area (TPSA) is 142 Å². The molecule has 5 rings (SSSR count). The maximum Gasteiger partial charge on any atom is 0.338 e. The predicted octanol–water partition coefficient (Wildman–Crippen LogP) is 3.10. The monoisotopic (exact) mass is 637 g/mol. The number of hydrogen-bond donors (Lipinski definition) is 0. The molecule has 0 N–H and O–H groups in total. The summed E-state index contributed by atoms with van der Waals surface area (Å²) in [5.41, 5.74) is 0.936. The summed E-state index contributed by atoms with van der Waals surface area (Å²) in [5, 5.41) is 11.6. The van der Waals surface area contributed by atoms with Crippen LogP contribution >= 0.6 is 22.9 Å². The highest BCUT2D eigenvalue weighted by Gasteiger charge is 2.34. The normalized spacial score (nSPS) is 14.6. The molecule has 44 heavy (non-hydrogen) atoms. The van der Waals surface area contributed by atoms with Gasteiger partial charge in [0.15, 0.2) is 16.3 Å². The third-order valence-electron chi connectivity index (χ3n) is 6.89. The second-order valence-electron chi connectivity index (χ2n) is 9.45. The minimum Gasteiger partial charge on any atom is -0.545 e. The number of esters is 1. The van der Waals surface area contributed by atoms with Gasteiger partial charge in [-0.15, -0.1) is 0 Å². The Balaban J connectivity index is 1.68. The lowest BCUT2D eigenvalue weighted by Crippen LogP contribution is -2.40. The Bertz CT molecular complexity index is 1980. The maximum atomic E-state index is 14.0. The zero-order chi connectivity index (χ0) is 31.7. The van der Waals surface area contributed by atoms with E-state index in [-0.39, 0.29) is 27.3 Å². The van der Waals surface area contributed by atoms with E-state index in [1.165, 1.54) is 44.1 Å². The number of aromatic carboxylic acids is 1. The van der Waals surface area contributed by atoms with Crippen molar-refractivity contribution < 1.29 is 38.1 Å². The minimum atomic E-state index is -1.35. The number of allylic oxidation sites excluding steroid dienone is 1. The van der Waals surface area contributed by atoms with Crippen LogP contribution in [0.4, 0.5) is 0 Å². The minimum absolute atomic E-state index is 0.0600. The largest absolute Gasteiger partial charge is 0.545 e. The molecule has 228 valence electrons. The van der Waals surface area contributed by atoms with E-state index < -0.39 is 23.5 Å². The number of rotatable bonds is 9. The Kier molecular flexibility index (Phi) is 8.66. The van der Waals surface area contributed by atoms with Crippen LogP contribution in [0.3, 0.4) is 0 Å². The standard InChI is InChI=1S/C31H27ClN2O9S/c1-6-42-30(38)25-15(2)33-31-34(26(25)17-12-22(39-3)27(41-5)23(13-17)40-4)28(35)24(44-31)14-18-8-10-21(43-18)19-11-16(29(36)37)7-9-20(19)32/h7-14,26H,6H2,1-5H3,(H,36,37)/p-1. The van der Waals surface area contributed by atoms with E-state index in [9.17, 15) is 19.5 Å². The molecule has 0 saturated heterocycles. The quantitative estimate of drug-likeness (QED) is 0.253. The molecule has 0 aliphatic carbocycles. The van der Waals surface area contributed by atoms with Crippen LogP contribution in [0.2, 0.25) is 5.02 Å². The van der Waals surface area contributed by atoms with Crippen molar-refractivity contribution in [1.82, 2.24) is 4.57 Å². The molecule has 1 aliphatic rings. The van der Waals surface area contributed by atoms with Gasteiger partial charge in [0.05, 0.1) is 60.8 Å². The first-order chi connectivity index (χ1) is 21.1. The predicted molar refractivity (Wildman–Crippen MR) is 160 cm³/mol. The Morgan fingerprint density at radius 2 is 1.80 bits per heavy atom. The van der Waals surface area contributed by atoms with E-state index in [2.05, 4.69) is 4.99 Å². The highest BCUT2D eigenvalue weighted by atomic mass is 35.5. The molecule has 2 aromatic carbocycles. The summed E-state index contributed by atoms with van der Waals surface area (Å²) < 4.78 is 29.5. The van der Waals surface area contributed by atoms with Crippen LogP contribution in [0.15, 0.2) is 67.9 Å². The number of carbonyl (C=O) groups is 2. The Labute approximate surface area is 259 Å². The number of aromatic nitrogens is 1. The van der Waals surface area contributed by atoms with E-state index in [1.807, 2.05) is 0 Å². The van der Waals surface area contributed by atoms with Crippen molar-refractivity contribution in [2.45, 2.75) is 19.9 Å². The number of carboxylic acids is 1. The van der Waals surface area contributed by atoms with Crippen molar-refractivity contribution in [2.75, 3.05) is 27.9 Å². The summed E-state index contributed by atoms with van der Waals surface area (Å²) in [4.78, 5) is 43.5. The third-order valence-corrected chi connectivity index (χ3v) is 8.20. The van der Waals surface area contributed by atoms with Crippen molar-refractivity contribution >= 4 is 41.0 Å². The van der Waals surface area contributed by atoms with Crippen LogP contribution < -0.4 is 34.2 Å². The van der Waals surface area contributed by atoms with Gasteiger partial charge in [0.1, 0.15) is 11.5 Å². The van der Waals surface area contributed by atoms with Crippen LogP contribution in [0, 0.1) is 0 Å². The number of halogens is 1. The summed E-state index contributed by atoms with van der Waals surface area (Å²) in [6.45, 7) is 3.49. The second kappa shape index (κ2) is 12.4. The second-order valence-corrected chi connectivity index (χ2v) is 10.9. The Hall–Kier alpha value is -4.81. The summed E-state index contributed by atoms with van der Waals surface area (Å²) in [6.07, 6.45) is 1.54. The first kappa shape index (κ1) is 30.6. The van der Waals surface area contributed by atoms with Crippen molar-refractivity contribution in [3.8, 4) is 28.6 Å². The molecule has 0 amide bonds. The molecule has 1 atom stereocenters. The number of nitrogens with zero attached hydrogens (tertiary/aromatic N) is 2. The molecule has 4 aromatic rings. The molecule has 0 spiro atoms. The first-order valence-electron chi connectivity index (χ1n) is 13.2. The summed E-state index contributed by atoms with van der Waals surface area (Å²) >= 11 is 7.41. The molecule has 0 saturated carbocycles. The molecule has 1 unspecified atom stereocenters. The average Bonchev–Trinajstić information content (AvgIpc) is 3.59. The Morgan fingerprint density at radius 3 is 2.41 bits per heavy atom. The van der Waals surface area contributed by atoms with Gasteiger partial charge in [-0.3, -0.25) is 9.36 Å². The smallest absolute Gasteiger partial charge is 0.338 e. The summed E-state index contributed by atoms with van der Waals surface area (Å²) in [7, 11) is 4.42. The highest BCUT2D eigenvalue weighted by Crippen LogP contribution is 2.42. The molecule has 13 heteroatoms. The van der Waals surface area contributed by atoms with Crippen LogP contribution in [-0.2, 0) is 9.53 Å². The van der Waals surface area contributed by atoms with E-state index in [0.717, 1.165) is 11.3 Å². The van der Waals surface area contributed by atoms with Crippen molar-refractivity contribution in [3.63, 3.8) is 0 Å². The van der Waals surface area contributed by atoms with Crippen LogP contribution in [0.5, 0.6) is 17.2 Å². The van der Waals surface area contributed by atoms with Gasteiger partial charge in [-0.05, 0) is 61.4 Å². The fourth-order valence-corrected chi connectivity index (χ4v) is 6.15. The van der Waals surface area contributed by atoms with Gasteiger partial charge >= 0.3 is 5.97 Å². The van der Waals surface area contributed by atoms with Crippen molar-refractivity contribution in [3.05, 3.63) is 95.3 Å². The summed E-state index contributed by atoms with van der Waals surface area (Å²) in [5.74, 6) is -0.331. The molecule has 0 fully saturated rings. The van der Waals surface area contributed by atoms with Gasteiger partial charge < -0.3 is 33.3 Å². The summed E-state index contributed by atoms with van der Waals surface area (Å²) in [6, 6.07) is 9.78. The fourth-order valence-electron chi connectivity index (χ4n) is 4.91. The number of furan rings is 1. The van der Waals surface area contributed by atoms with Crippen molar-refractivity contribution in [1.29, 1.82) is 0 Å². The number of hydrogen-bond acceptors (Lipinski definition) is 11. The number of benzene rings is 2. The molecule has 2 aromatic heterocycles. The molecule has 0 bridgehead atoms. The highest BCUT2D eigenvalue weighted by molar-refractivity contribution is 7.07. The third kappa shape index (κ3) is 5.49. The first-order valence-corrected chi connectivity index (χ1v) is 14.4. The molecule has 0 radical (unpaired) electrons. The van der Waals surface area contributed by atoms with Crippen LogP contribution in [0.1, 0.15) is 41.6 Å². The SMILES string of the molecule is CCOC(=O)C1=C(C)N=c2sc(=Cc3ccc(-c4cc(C(=O)[O-])ccc4Cl)o3)c(=O)n2C1c1cc(OC)c(OC)c(OC)c1. The maximum absolute atomic E-state index is 14.0. The lowest BCUT2D eigenvalue weighted by Gasteiger charge is -2.26. The molecule has 3 heterocycles. The lowest BCUT2D eigenvalue weighted by atomic mass is 9.95. The number of carbonyl (C=O) groups excluding carboxylic acids is 2. The number of fused-ring (bicyclic) bond motifs is 1. The zero-order valence-electron chi connectivity index (χ0n) is 24.3. The fraction of sp³-hybridized carbons (Fsp3) is 0.226. The van der Waals surface area contributed by atoms with Gasteiger partial charge in [0.25, 0.3) is 5.56 Å². The van der Waals surface area contributed by atoms with E-state index in [4.69, 9.17) is 35.0 Å². The molecule has 11 nitrogen and oxygen atoms in total. The van der Waals surface area contributed by atoms with Gasteiger partial charge in [-0.1, -0.05) is 29.0 Å². The van der Waals surface area contributed by atoms with Gasteiger partial charge in [-0.25, -0.2) is 9.79 Å². The van der Waals surface area contributed by atoms with E-state index >= 15 is 0 Å². The number of ether oxygens (including phenoxy) is 4. The average molecular weight is 638 g/mol. The van der Waals surface area contributed by atoms with E-state index in [1.54, 1.807) is 44.2 Å². The van der Waals surface area contributed by atoms with Crippen LogP contribution in [-0.4, -0.2) is 44.4 Å². The van der Waals surface area contributed by atoms with Crippen molar-refractivity contribution in [2.24, 2.45) is 4.99 Å². The Morgan fingerprint density at radius 1 is 1.09 bits per heavy atom. The van der Waals surface area contributed by atoms with Gasteiger partial charge in [0, 0.05) is 11.6 Å². The lowest BCUT2D eigenvalue weighted by molar-refractivity contribution is -0.255. The number of thiazole rings is 1. The zero-order valence-corrected chi connectivity index (χ0v) is 25.8. The number of carboxylic acid groups (broad SMARTS) is 1. The molecule has 1 aliphatic heterocycles. The molecular formula is C31H26ClN2O9S-. The van der Waals surface area contributed by atoms with Gasteiger partial charge in [0.2, 0.25) is 5.75 Å². The number of methoxy groups -OCH3 is 3. The van der Waals surface area contributed by atoms with E-state index in [0.29, 0.717) is 50.4 Å². The van der Waals surface area contributed by atoms with Crippen LogP contribution in [0.25, 0.3) is 17.4 Å². The van der Waals surface area contributed by atoms with Gasteiger partial charge in [-0.2, -0.15) is 0 Å².